The quantitative estimate of drug-likeness (QED) is 0.596. The molecule has 1 heterocycles. The number of hydrogen-bond donors (Lipinski definition) is 1. The molecule has 0 saturated carbocycles. The molecule has 1 rings (SSSR count). The molecule has 4 nitrogen and oxygen atoms in total. The third kappa shape index (κ3) is 6.98. The number of hydrogen-bond acceptors (Lipinski definition) is 4. The minimum absolute atomic E-state index is 0.0746. The zero-order valence-corrected chi connectivity index (χ0v) is 11.4. The molecule has 17 heavy (non-hydrogen) atoms. The van der Waals surface area contributed by atoms with Crippen molar-refractivity contribution in [1.82, 2.24) is 5.32 Å². The summed E-state index contributed by atoms with van der Waals surface area (Å²) in [7, 11) is 1.93. The first-order chi connectivity index (χ1) is 7.89. The average Bonchev–Trinajstić information content (AvgIpc) is 2.21. The Kier molecular flexibility index (Phi) is 6.86. The Morgan fingerprint density at radius 1 is 1.47 bits per heavy atom. The fourth-order valence-corrected chi connectivity index (χ4v) is 0.851. The Balaban J connectivity index is 0.000000557. The highest BCUT2D eigenvalue weighted by molar-refractivity contribution is 5.41. The second-order valence-corrected chi connectivity index (χ2v) is 4.91. The number of ether oxygens (including phenoxy) is 2. The summed E-state index contributed by atoms with van der Waals surface area (Å²) in [6, 6.07) is 0. The molecule has 1 fully saturated rings. The van der Waals surface area contributed by atoms with Gasteiger partial charge < -0.3 is 14.8 Å². The minimum atomic E-state index is -0.672. The van der Waals surface area contributed by atoms with Gasteiger partial charge in [0.15, 0.2) is 0 Å². The van der Waals surface area contributed by atoms with Crippen molar-refractivity contribution in [2.24, 2.45) is 5.41 Å². The molecular weight excluding hydrogens is 218 g/mol. The molecule has 98 valence electrons. The van der Waals surface area contributed by atoms with Crippen LogP contribution in [0.5, 0.6) is 0 Å². The van der Waals surface area contributed by atoms with Crippen molar-refractivity contribution < 1.29 is 14.3 Å². The summed E-state index contributed by atoms with van der Waals surface area (Å²) in [6.45, 7) is 10.4. The first-order valence-corrected chi connectivity index (χ1v) is 5.77. The first kappa shape index (κ1) is 16.0. The highest BCUT2D eigenvalue weighted by Crippen LogP contribution is 2.21. The molecule has 0 spiro atoms. The van der Waals surface area contributed by atoms with E-state index in [2.05, 4.69) is 24.1 Å². The predicted molar refractivity (Wildman–Crippen MR) is 67.5 cm³/mol. The van der Waals surface area contributed by atoms with Gasteiger partial charge in [-0.25, -0.2) is 0 Å². The van der Waals surface area contributed by atoms with Crippen LogP contribution in [-0.4, -0.2) is 38.9 Å². The maximum Gasteiger partial charge on any atom is 0.294 e. The topological polar surface area (TPSA) is 47.6 Å². The van der Waals surface area contributed by atoms with Gasteiger partial charge in [-0.1, -0.05) is 12.8 Å². The van der Waals surface area contributed by atoms with Crippen molar-refractivity contribution in [2.45, 2.75) is 33.3 Å². The lowest BCUT2D eigenvalue weighted by Crippen LogP contribution is -2.50. The van der Waals surface area contributed by atoms with Gasteiger partial charge in [0.2, 0.25) is 5.60 Å². The molecule has 1 saturated heterocycles. The van der Waals surface area contributed by atoms with Crippen molar-refractivity contribution in [3.63, 3.8) is 0 Å². The average molecular weight is 241 g/mol. The second kappa shape index (κ2) is 7.31. The summed E-state index contributed by atoms with van der Waals surface area (Å²) < 4.78 is 9.85. The van der Waals surface area contributed by atoms with Crippen molar-refractivity contribution in [3.8, 4) is 11.8 Å². The fraction of sp³-hybridized carbons (Fsp3) is 0.769. The van der Waals surface area contributed by atoms with Crippen molar-refractivity contribution in [2.75, 3.05) is 26.8 Å². The highest BCUT2D eigenvalue weighted by atomic mass is 16.6. The molecule has 1 aliphatic rings. The van der Waals surface area contributed by atoms with Crippen molar-refractivity contribution in [1.29, 1.82) is 0 Å². The number of carbonyl (C=O) groups is 1. The molecule has 1 N–H and O–H groups in total. The Morgan fingerprint density at radius 2 is 2.00 bits per heavy atom. The van der Waals surface area contributed by atoms with Gasteiger partial charge in [-0.2, -0.15) is 0 Å². The van der Waals surface area contributed by atoms with E-state index < -0.39 is 5.60 Å². The normalized spacial score (nSPS) is 16.5. The van der Waals surface area contributed by atoms with E-state index >= 15 is 0 Å². The predicted octanol–water partition coefficient (Wildman–Crippen LogP) is 1.20. The Hall–Kier alpha value is -1.05. The van der Waals surface area contributed by atoms with Gasteiger partial charge >= 0.3 is 0 Å². The van der Waals surface area contributed by atoms with Gasteiger partial charge in [0.05, 0.1) is 0 Å². The Labute approximate surface area is 104 Å². The molecule has 0 radical (unpaired) electrons. The first-order valence-electron chi connectivity index (χ1n) is 5.77. The van der Waals surface area contributed by atoms with E-state index in [-0.39, 0.29) is 5.41 Å². The van der Waals surface area contributed by atoms with Crippen LogP contribution >= 0.6 is 0 Å². The maximum absolute atomic E-state index is 10.2. The van der Waals surface area contributed by atoms with Crippen molar-refractivity contribution >= 4 is 6.47 Å². The Bertz CT molecular complexity index is 277. The maximum atomic E-state index is 10.2. The highest BCUT2D eigenvalue weighted by Gasteiger charge is 2.39. The molecule has 0 amide bonds. The zero-order valence-electron chi connectivity index (χ0n) is 11.4. The van der Waals surface area contributed by atoms with Gasteiger partial charge in [0, 0.05) is 5.41 Å². The molecule has 0 unspecified atom stereocenters. The van der Waals surface area contributed by atoms with Crippen LogP contribution in [0.2, 0.25) is 0 Å². The van der Waals surface area contributed by atoms with Gasteiger partial charge in [0.25, 0.3) is 6.47 Å². The third-order valence-corrected chi connectivity index (χ3v) is 1.96. The van der Waals surface area contributed by atoms with Crippen LogP contribution < -0.4 is 5.32 Å². The smallest absolute Gasteiger partial charge is 0.294 e. The van der Waals surface area contributed by atoms with Crippen LogP contribution in [-0.2, 0) is 14.3 Å². The molecule has 0 aromatic carbocycles. The molecule has 0 bridgehead atoms. The van der Waals surface area contributed by atoms with E-state index in [0.29, 0.717) is 19.7 Å². The fourth-order valence-electron chi connectivity index (χ4n) is 0.851. The molecule has 1 aliphatic heterocycles. The van der Waals surface area contributed by atoms with Crippen LogP contribution in [0.1, 0.15) is 27.7 Å². The van der Waals surface area contributed by atoms with Crippen molar-refractivity contribution in [3.05, 3.63) is 0 Å². The standard InChI is InChI=1S/C10H14O3.C3H9N/c1-9(2,3)4-5-10(13-8-11)6-12-7-10;1-3-4-2/h8H,6-7H2,1-3H3;4H,3H2,1-2H3. The van der Waals surface area contributed by atoms with E-state index in [9.17, 15) is 4.79 Å². The van der Waals surface area contributed by atoms with Gasteiger partial charge in [-0.05, 0) is 40.3 Å². The van der Waals surface area contributed by atoms with E-state index in [0.717, 1.165) is 6.54 Å². The summed E-state index contributed by atoms with van der Waals surface area (Å²) >= 11 is 0. The molecule has 4 heteroatoms. The third-order valence-electron chi connectivity index (χ3n) is 1.96. The minimum Gasteiger partial charge on any atom is -0.443 e. The number of nitrogens with one attached hydrogen (secondary N) is 1. The van der Waals surface area contributed by atoms with Gasteiger partial charge in [-0.3, -0.25) is 4.79 Å². The van der Waals surface area contributed by atoms with Crippen LogP contribution in [0.3, 0.4) is 0 Å². The molecule has 0 atom stereocenters. The largest absolute Gasteiger partial charge is 0.443 e. The summed E-state index contributed by atoms with van der Waals surface area (Å²) in [5, 5.41) is 2.93. The lowest BCUT2D eigenvalue weighted by molar-refractivity contribution is -0.179. The molecule has 0 aliphatic carbocycles. The SMILES string of the molecule is CC(C)(C)C#CC1(OC=O)COC1.CCNC. The summed E-state index contributed by atoms with van der Waals surface area (Å²) in [5.74, 6) is 5.98. The number of rotatable bonds is 3. The van der Waals surface area contributed by atoms with Crippen LogP contribution in [0.15, 0.2) is 0 Å². The van der Waals surface area contributed by atoms with Crippen LogP contribution in [0, 0.1) is 17.3 Å². The lowest BCUT2D eigenvalue weighted by atomic mass is 9.94. The molecular formula is C13H23NO3. The summed E-state index contributed by atoms with van der Waals surface area (Å²) in [4.78, 5) is 10.2. The monoisotopic (exact) mass is 241 g/mol. The Morgan fingerprint density at radius 3 is 2.24 bits per heavy atom. The van der Waals surface area contributed by atoms with Crippen LogP contribution in [0.4, 0.5) is 0 Å². The lowest BCUT2D eigenvalue weighted by Gasteiger charge is -2.34. The summed E-state index contributed by atoms with van der Waals surface area (Å²) in [5.41, 5.74) is -0.746. The number of carbonyl (C=O) groups excluding carboxylic acids is 1. The van der Waals surface area contributed by atoms with Gasteiger partial charge in [0.1, 0.15) is 13.2 Å². The van der Waals surface area contributed by atoms with E-state index in [1.165, 1.54) is 0 Å². The second-order valence-electron chi connectivity index (χ2n) is 4.91. The van der Waals surface area contributed by atoms with E-state index in [1.54, 1.807) is 0 Å². The van der Waals surface area contributed by atoms with E-state index in [1.807, 2.05) is 27.8 Å². The van der Waals surface area contributed by atoms with Gasteiger partial charge in [-0.15, -0.1) is 0 Å². The molecule has 0 aromatic heterocycles. The molecule has 0 aromatic rings. The summed E-state index contributed by atoms with van der Waals surface area (Å²) in [6.07, 6.45) is 0. The van der Waals surface area contributed by atoms with E-state index in [4.69, 9.17) is 9.47 Å². The zero-order chi connectivity index (χ0) is 13.4. The van der Waals surface area contributed by atoms with Crippen LogP contribution in [0.25, 0.3) is 0 Å².